The van der Waals surface area contributed by atoms with Crippen LogP contribution in [0.3, 0.4) is 0 Å². The molecule has 18 heavy (non-hydrogen) atoms. The van der Waals surface area contributed by atoms with Gasteiger partial charge < -0.3 is 9.84 Å². The van der Waals surface area contributed by atoms with Crippen molar-refractivity contribution in [3.05, 3.63) is 11.8 Å². The quantitative estimate of drug-likeness (QED) is 0.891. The maximum atomic E-state index is 12.6. The van der Waals surface area contributed by atoms with Crippen molar-refractivity contribution in [1.29, 1.82) is 0 Å². The summed E-state index contributed by atoms with van der Waals surface area (Å²) in [6.45, 7) is 7.18. The van der Waals surface area contributed by atoms with Crippen molar-refractivity contribution in [2.45, 2.75) is 46.2 Å². The molecule has 1 aromatic heterocycles. The van der Waals surface area contributed by atoms with E-state index in [9.17, 15) is 18.0 Å². The van der Waals surface area contributed by atoms with Gasteiger partial charge in [0.25, 0.3) is 0 Å². The zero-order valence-corrected chi connectivity index (χ0v) is 11.0. The molecule has 0 aliphatic carbocycles. The van der Waals surface area contributed by atoms with E-state index in [4.69, 9.17) is 0 Å². The van der Waals surface area contributed by atoms with Gasteiger partial charge in [-0.3, -0.25) is 4.79 Å². The number of alkyl halides is 3. The monoisotopic (exact) mass is 266 g/mol. The average molecular weight is 266 g/mol. The first-order valence-electron chi connectivity index (χ1n) is 5.46. The number of nitrogens with one attached hydrogen (secondary N) is 1. The summed E-state index contributed by atoms with van der Waals surface area (Å²) in [5.41, 5.74) is -2.14. The van der Waals surface area contributed by atoms with Crippen molar-refractivity contribution in [3.8, 4) is 0 Å². The third kappa shape index (κ3) is 3.75. The van der Waals surface area contributed by atoms with Crippen LogP contribution >= 0.6 is 0 Å². The van der Waals surface area contributed by atoms with Gasteiger partial charge in [-0.25, -0.2) is 0 Å². The zero-order chi connectivity index (χ0) is 14.6. The molecule has 7 heteroatoms. The van der Waals surface area contributed by atoms with E-state index in [-0.39, 0.29) is 11.6 Å². The number of hydrogen-bond acceptors (Lipinski definition) is 3. The number of nitrogens with zero attached hydrogens (tertiary/aromatic N) is 1. The minimum Gasteiger partial charge on any atom is -0.358 e. The minimum atomic E-state index is -4.44. The summed E-state index contributed by atoms with van der Waals surface area (Å²) in [5.74, 6) is -0.798. The second-order valence-corrected chi connectivity index (χ2v) is 3.88. The van der Waals surface area contributed by atoms with Crippen LogP contribution in [0, 0.1) is 0 Å². The summed E-state index contributed by atoms with van der Waals surface area (Å²) < 4.78 is 42.4. The fourth-order valence-electron chi connectivity index (χ4n) is 0.949. The largest absolute Gasteiger partial charge is 0.401 e. The Kier molecular flexibility index (Phi) is 5.38. The second-order valence-electron chi connectivity index (χ2n) is 3.88. The van der Waals surface area contributed by atoms with E-state index in [1.165, 1.54) is 6.92 Å². The molecule has 0 saturated heterocycles. The van der Waals surface area contributed by atoms with Gasteiger partial charge in [-0.1, -0.05) is 19.0 Å². The maximum absolute atomic E-state index is 12.6. The minimum absolute atomic E-state index is 0.0279. The highest BCUT2D eigenvalue weighted by molar-refractivity contribution is 5.87. The lowest BCUT2D eigenvalue weighted by Crippen LogP contribution is -2.35. The molecule has 0 aliphatic rings. The molecular formula is C11H17F3N2O2. The molecule has 1 N–H and O–H groups in total. The molecule has 0 radical (unpaired) electrons. The molecule has 0 aromatic carbocycles. The Balaban J connectivity index is 0.00000137. The molecule has 0 aliphatic heterocycles. The molecule has 1 amide bonds. The lowest BCUT2D eigenvalue weighted by molar-refractivity contribution is -0.185. The summed E-state index contributed by atoms with van der Waals surface area (Å²) in [6.07, 6.45) is -4.44. The van der Waals surface area contributed by atoms with E-state index in [1.54, 1.807) is 0 Å². The van der Waals surface area contributed by atoms with Crippen LogP contribution in [0.1, 0.15) is 40.4 Å². The highest BCUT2D eigenvalue weighted by Gasteiger charge is 2.51. The van der Waals surface area contributed by atoms with Gasteiger partial charge in [0.05, 0.1) is 0 Å². The van der Waals surface area contributed by atoms with Crippen molar-refractivity contribution in [3.63, 3.8) is 0 Å². The maximum Gasteiger partial charge on any atom is 0.401 e. The fourth-order valence-corrected chi connectivity index (χ4v) is 0.949. The van der Waals surface area contributed by atoms with Crippen LogP contribution < -0.4 is 5.32 Å². The van der Waals surface area contributed by atoms with Gasteiger partial charge in [0, 0.05) is 13.0 Å². The standard InChI is InChI=1S/C9H11F3N2O2.C2H6/c1-5(15)13-7-4-6(16-14-7)8(2,3)9(10,11)12;1-2/h4H,1-3H3,(H,13,14,15);1-2H3. The van der Waals surface area contributed by atoms with Gasteiger partial charge in [-0.15, -0.1) is 0 Å². The van der Waals surface area contributed by atoms with Crippen molar-refractivity contribution in [2.24, 2.45) is 0 Å². The molecule has 0 saturated carbocycles. The molecule has 1 aromatic rings. The predicted molar refractivity (Wildman–Crippen MR) is 61.2 cm³/mol. The summed E-state index contributed by atoms with van der Waals surface area (Å²) in [6, 6.07) is 1.06. The SMILES string of the molecule is CC.CC(=O)Nc1cc(C(C)(C)C(F)(F)F)on1. The molecule has 1 rings (SSSR count). The van der Waals surface area contributed by atoms with Crippen LogP contribution in [-0.2, 0) is 10.2 Å². The van der Waals surface area contributed by atoms with E-state index in [0.29, 0.717) is 0 Å². The number of aromatic nitrogens is 1. The van der Waals surface area contributed by atoms with Crippen LogP contribution in [0.25, 0.3) is 0 Å². The summed E-state index contributed by atoms with van der Waals surface area (Å²) in [4.78, 5) is 10.7. The first-order valence-corrected chi connectivity index (χ1v) is 5.46. The van der Waals surface area contributed by atoms with Crippen molar-refractivity contribution < 1.29 is 22.5 Å². The van der Waals surface area contributed by atoms with Gasteiger partial charge in [0.2, 0.25) is 5.91 Å². The highest BCUT2D eigenvalue weighted by atomic mass is 19.4. The first kappa shape index (κ1) is 16.5. The van der Waals surface area contributed by atoms with Gasteiger partial charge in [-0.05, 0) is 13.8 Å². The van der Waals surface area contributed by atoms with Crippen molar-refractivity contribution >= 4 is 11.7 Å². The van der Waals surface area contributed by atoms with Crippen LogP contribution in [-0.4, -0.2) is 17.2 Å². The molecule has 4 nitrogen and oxygen atoms in total. The normalized spacial score (nSPS) is 11.6. The average Bonchev–Trinajstić information content (AvgIpc) is 2.67. The molecule has 0 unspecified atom stereocenters. The van der Waals surface area contributed by atoms with Gasteiger partial charge in [0.1, 0.15) is 5.41 Å². The van der Waals surface area contributed by atoms with E-state index >= 15 is 0 Å². The number of amides is 1. The third-order valence-corrected chi connectivity index (χ3v) is 2.14. The Labute approximate surface area is 104 Å². The Bertz CT molecular complexity index is 397. The van der Waals surface area contributed by atoms with E-state index in [0.717, 1.165) is 19.9 Å². The first-order chi connectivity index (χ1) is 8.14. The second kappa shape index (κ2) is 5.88. The highest BCUT2D eigenvalue weighted by Crippen LogP contribution is 2.40. The topological polar surface area (TPSA) is 55.1 Å². The van der Waals surface area contributed by atoms with Gasteiger partial charge in [-0.2, -0.15) is 13.2 Å². The lowest BCUT2D eigenvalue weighted by atomic mass is 9.89. The molecular weight excluding hydrogens is 249 g/mol. The van der Waals surface area contributed by atoms with E-state index in [2.05, 4.69) is 15.0 Å². The molecule has 1 heterocycles. The fraction of sp³-hybridized carbons (Fsp3) is 0.636. The summed E-state index contributed by atoms with van der Waals surface area (Å²) in [7, 11) is 0. The van der Waals surface area contributed by atoms with E-state index < -0.39 is 17.5 Å². The van der Waals surface area contributed by atoms with Gasteiger partial charge in [0.15, 0.2) is 11.6 Å². The van der Waals surface area contributed by atoms with E-state index in [1.807, 2.05) is 13.8 Å². The van der Waals surface area contributed by atoms with Gasteiger partial charge >= 0.3 is 6.18 Å². The Hall–Kier alpha value is -1.53. The number of rotatable bonds is 2. The number of carbonyl (C=O) groups is 1. The number of halogens is 3. The number of hydrogen-bond donors (Lipinski definition) is 1. The summed E-state index contributed by atoms with van der Waals surface area (Å²) in [5, 5.41) is 5.57. The van der Waals surface area contributed by atoms with Crippen molar-refractivity contribution in [2.75, 3.05) is 5.32 Å². The summed E-state index contributed by atoms with van der Waals surface area (Å²) >= 11 is 0. The number of carbonyl (C=O) groups excluding carboxylic acids is 1. The molecule has 0 bridgehead atoms. The smallest absolute Gasteiger partial charge is 0.358 e. The number of anilines is 1. The zero-order valence-electron chi connectivity index (χ0n) is 11.0. The Morgan fingerprint density at radius 2 is 1.83 bits per heavy atom. The Morgan fingerprint density at radius 3 is 2.22 bits per heavy atom. The Morgan fingerprint density at radius 1 is 1.33 bits per heavy atom. The predicted octanol–water partition coefficient (Wildman–Crippen LogP) is 3.50. The third-order valence-electron chi connectivity index (χ3n) is 2.14. The molecule has 0 spiro atoms. The van der Waals surface area contributed by atoms with Crippen LogP contribution in [0.15, 0.2) is 10.6 Å². The van der Waals surface area contributed by atoms with Crippen molar-refractivity contribution in [1.82, 2.24) is 5.16 Å². The van der Waals surface area contributed by atoms with Crippen LogP contribution in [0.2, 0.25) is 0 Å². The van der Waals surface area contributed by atoms with Crippen LogP contribution in [0.5, 0.6) is 0 Å². The molecule has 104 valence electrons. The lowest BCUT2D eigenvalue weighted by Gasteiger charge is -2.24. The molecule has 0 fully saturated rings. The van der Waals surface area contributed by atoms with Crippen LogP contribution in [0.4, 0.5) is 19.0 Å². The molecule has 0 atom stereocenters.